The van der Waals surface area contributed by atoms with Gasteiger partial charge in [0.25, 0.3) is 5.56 Å². The number of benzene rings is 2. The lowest BCUT2D eigenvalue weighted by Crippen LogP contribution is -2.45. The first-order valence-electron chi connectivity index (χ1n) is 9.87. The summed E-state index contributed by atoms with van der Waals surface area (Å²) >= 11 is 0. The Morgan fingerprint density at radius 1 is 1.10 bits per heavy atom. The van der Waals surface area contributed by atoms with Gasteiger partial charge in [-0.05, 0) is 42.5 Å². The van der Waals surface area contributed by atoms with Crippen LogP contribution in [0.1, 0.15) is 23.1 Å². The van der Waals surface area contributed by atoms with Crippen LogP contribution in [0.15, 0.2) is 64.3 Å². The molecule has 7 heteroatoms. The van der Waals surface area contributed by atoms with E-state index < -0.39 is 29.5 Å². The number of fused-ring (bicyclic) bond motifs is 1. The Hall–Kier alpha value is -3.48. The quantitative estimate of drug-likeness (QED) is 0.668. The van der Waals surface area contributed by atoms with Crippen molar-refractivity contribution in [3.8, 4) is 0 Å². The van der Waals surface area contributed by atoms with E-state index in [1.165, 1.54) is 27.8 Å². The lowest BCUT2D eigenvalue weighted by molar-refractivity contribution is -0.119. The Labute approximate surface area is 172 Å². The molecular formula is C23H22FN3O3. The molecule has 0 bridgehead atoms. The van der Waals surface area contributed by atoms with Gasteiger partial charge in [-0.1, -0.05) is 36.4 Å². The van der Waals surface area contributed by atoms with Crippen molar-refractivity contribution in [3.63, 3.8) is 0 Å². The van der Waals surface area contributed by atoms with Crippen LogP contribution in [0.5, 0.6) is 0 Å². The molecule has 0 saturated carbocycles. The Balaban J connectivity index is 1.64. The molecule has 154 valence electrons. The number of hydrogen-bond acceptors (Lipinski definition) is 3. The normalized spacial score (nSPS) is 13.2. The van der Waals surface area contributed by atoms with E-state index in [-0.39, 0.29) is 12.2 Å². The second kappa shape index (κ2) is 8.10. The highest BCUT2D eigenvalue weighted by atomic mass is 19.1. The molecule has 1 amide bonds. The smallest absolute Gasteiger partial charge is 0.308 e. The fourth-order valence-electron chi connectivity index (χ4n) is 3.91. The number of anilines is 1. The molecule has 0 atom stereocenters. The number of carbonyl (C=O) groups is 1. The molecule has 0 aliphatic carbocycles. The molecule has 0 radical (unpaired) electrons. The average Bonchev–Trinajstić information content (AvgIpc) is 2.73. The van der Waals surface area contributed by atoms with Crippen molar-refractivity contribution in [1.29, 1.82) is 0 Å². The second-order valence-electron chi connectivity index (χ2n) is 7.54. The molecule has 1 aromatic heterocycles. The summed E-state index contributed by atoms with van der Waals surface area (Å²) in [6.07, 6.45) is 2.81. The van der Waals surface area contributed by atoms with E-state index in [4.69, 9.17) is 0 Å². The van der Waals surface area contributed by atoms with Crippen LogP contribution in [0.3, 0.4) is 0 Å². The molecule has 1 aliphatic heterocycles. The Bertz CT molecular complexity index is 1210. The number of nitrogens with zero attached hydrogens (tertiary/aromatic N) is 3. The number of amides is 1. The zero-order valence-electron chi connectivity index (χ0n) is 16.7. The first-order valence-corrected chi connectivity index (χ1v) is 9.87. The molecule has 0 saturated heterocycles. The third-order valence-corrected chi connectivity index (χ3v) is 5.31. The highest BCUT2D eigenvalue weighted by molar-refractivity contribution is 5.94. The predicted molar refractivity (Wildman–Crippen MR) is 112 cm³/mol. The number of rotatable bonds is 4. The van der Waals surface area contributed by atoms with Gasteiger partial charge in [0, 0.05) is 18.8 Å². The van der Waals surface area contributed by atoms with Crippen molar-refractivity contribution >= 4 is 11.6 Å². The minimum atomic E-state index is -0.568. The third-order valence-electron chi connectivity index (χ3n) is 5.31. The summed E-state index contributed by atoms with van der Waals surface area (Å²) in [6, 6.07) is 13.9. The number of hydrogen-bond donors (Lipinski definition) is 0. The van der Waals surface area contributed by atoms with Crippen LogP contribution in [0, 0.1) is 12.7 Å². The van der Waals surface area contributed by atoms with Gasteiger partial charge in [-0.3, -0.25) is 18.7 Å². The summed E-state index contributed by atoms with van der Waals surface area (Å²) < 4.78 is 16.9. The average molecular weight is 407 g/mol. The maximum Gasteiger partial charge on any atom is 0.331 e. The van der Waals surface area contributed by atoms with Crippen LogP contribution < -0.4 is 16.1 Å². The molecule has 0 N–H and O–H groups in total. The Morgan fingerprint density at radius 3 is 2.63 bits per heavy atom. The highest BCUT2D eigenvalue weighted by Gasteiger charge is 2.27. The van der Waals surface area contributed by atoms with Gasteiger partial charge in [-0.25, -0.2) is 9.18 Å². The molecule has 2 aromatic carbocycles. The fourth-order valence-corrected chi connectivity index (χ4v) is 3.91. The summed E-state index contributed by atoms with van der Waals surface area (Å²) in [5, 5.41) is 0. The zero-order chi connectivity index (χ0) is 21.3. The topological polar surface area (TPSA) is 64.3 Å². The summed E-state index contributed by atoms with van der Waals surface area (Å²) in [5.41, 5.74) is 1.60. The van der Waals surface area contributed by atoms with Gasteiger partial charge in [0.15, 0.2) is 0 Å². The minimum absolute atomic E-state index is 0.255. The van der Waals surface area contributed by atoms with Gasteiger partial charge in [0.2, 0.25) is 5.91 Å². The SMILES string of the molecule is Cc1cc(F)c2c(c1)CCCN2C(=O)Cn1c(=O)ccn(Cc2ccccc2)c1=O. The van der Waals surface area contributed by atoms with E-state index in [9.17, 15) is 18.8 Å². The van der Waals surface area contributed by atoms with E-state index in [1.54, 1.807) is 0 Å². The summed E-state index contributed by atoms with van der Waals surface area (Å²) in [7, 11) is 0. The summed E-state index contributed by atoms with van der Waals surface area (Å²) in [4.78, 5) is 39.5. The van der Waals surface area contributed by atoms with E-state index in [0.29, 0.717) is 19.4 Å². The number of halogens is 1. The molecule has 1 aliphatic rings. The van der Waals surface area contributed by atoms with Gasteiger partial charge >= 0.3 is 5.69 Å². The van der Waals surface area contributed by atoms with Crippen LogP contribution in [0.2, 0.25) is 0 Å². The van der Waals surface area contributed by atoms with E-state index in [0.717, 1.165) is 21.3 Å². The van der Waals surface area contributed by atoms with Crippen LogP contribution in [0.4, 0.5) is 10.1 Å². The molecule has 2 heterocycles. The first kappa shape index (κ1) is 19.8. The molecule has 4 rings (SSSR count). The maximum atomic E-state index is 14.6. The fraction of sp³-hybridized carbons (Fsp3) is 0.261. The summed E-state index contributed by atoms with van der Waals surface area (Å²) in [5.74, 6) is -0.935. The maximum absolute atomic E-state index is 14.6. The number of aromatic nitrogens is 2. The van der Waals surface area contributed by atoms with Gasteiger partial charge in [-0.2, -0.15) is 0 Å². The van der Waals surface area contributed by atoms with Crippen LogP contribution in [-0.4, -0.2) is 21.6 Å². The van der Waals surface area contributed by atoms with Gasteiger partial charge in [0.1, 0.15) is 12.4 Å². The van der Waals surface area contributed by atoms with Gasteiger partial charge in [0.05, 0.1) is 12.2 Å². The Kier molecular flexibility index (Phi) is 5.35. The number of aryl methyl sites for hydroxylation is 2. The highest BCUT2D eigenvalue weighted by Crippen LogP contribution is 2.31. The molecule has 3 aromatic rings. The molecular weight excluding hydrogens is 385 g/mol. The third kappa shape index (κ3) is 3.83. The molecule has 6 nitrogen and oxygen atoms in total. The van der Waals surface area contributed by atoms with E-state index in [1.807, 2.05) is 43.3 Å². The number of carbonyl (C=O) groups excluding carboxylic acids is 1. The molecule has 30 heavy (non-hydrogen) atoms. The molecule has 0 unspecified atom stereocenters. The van der Waals surface area contributed by atoms with Crippen molar-refractivity contribution in [2.75, 3.05) is 11.4 Å². The Morgan fingerprint density at radius 2 is 1.87 bits per heavy atom. The van der Waals surface area contributed by atoms with Crippen LogP contribution >= 0.6 is 0 Å². The van der Waals surface area contributed by atoms with Crippen molar-refractivity contribution in [3.05, 3.63) is 98.1 Å². The van der Waals surface area contributed by atoms with Crippen molar-refractivity contribution in [2.24, 2.45) is 0 Å². The zero-order valence-corrected chi connectivity index (χ0v) is 16.7. The first-order chi connectivity index (χ1) is 14.4. The molecule has 0 spiro atoms. The second-order valence-corrected chi connectivity index (χ2v) is 7.54. The lowest BCUT2D eigenvalue weighted by atomic mass is 9.99. The molecule has 0 fully saturated rings. The largest absolute Gasteiger partial charge is 0.331 e. The minimum Gasteiger partial charge on any atom is -0.308 e. The predicted octanol–water partition coefficient (Wildman–Crippen LogP) is 2.49. The lowest BCUT2D eigenvalue weighted by Gasteiger charge is -2.30. The van der Waals surface area contributed by atoms with Crippen molar-refractivity contribution in [1.82, 2.24) is 9.13 Å². The van der Waals surface area contributed by atoms with Crippen LogP contribution in [-0.2, 0) is 24.3 Å². The van der Waals surface area contributed by atoms with Crippen LogP contribution in [0.25, 0.3) is 0 Å². The van der Waals surface area contributed by atoms with Gasteiger partial charge < -0.3 is 4.90 Å². The van der Waals surface area contributed by atoms with E-state index >= 15 is 0 Å². The monoisotopic (exact) mass is 407 g/mol. The van der Waals surface area contributed by atoms with Crippen molar-refractivity contribution in [2.45, 2.75) is 32.9 Å². The summed E-state index contributed by atoms with van der Waals surface area (Å²) in [6.45, 7) is 2.02. The van der Waals surface area contributed by atoms with Gasteiger partial charge in [-0.15, -0.1) is 0 Å². The van der Waals surface area contributed by atoms with Crippen molar-refractivity contribution < 1.29 is 9.18 Å². The van der Waals surface area contributed by atoms with E-state index in [2.05, 4.69) is 0 Å². The standard InChI is InChI=1S/C23H22FN3O3/c1-16-12-18-8-5-10-26(22(18)19(24)13-16)21(29)15-27-20(28)9-11-25(23(27)30)14-17-6-3-2-4-7-17/h2-4,6-7,9,11-13H,5,8,10,14-15H2,1H3.